The minimum atomic E-state index is -0.929. The summed E-state index contributed by atoms with van der Waals surface area (Å²) in [4.78, 5) is 0.327. The predicted molar refractivity (Wildman–Crippen MR) is 73.0 cm³/mol. The number of halogens is 2. The molecule has 2 N–H and O–H groups in total. The third-order valence-electron chi connectivity index (χ3n) is 2.54. The molecule has 0 aliphatic heterocycles. The molecule has 2 aromatic carbocycles. The Labute approximate surface area is 114 Å². The van der Waals surface area contributed by atoms with E-state index in [1.807, 2.05) is 12.1 Å². The maximum Gasteiger partial charge on any atom is 0.162 e. The second-order valence-electron chi connectivity index (χ2n) is 3.93. The molecule has 98 valence electrons. The van der Waals surface area contributed by atoms with E-state index < -0.39 is 11.6 Å². The van der Waals surface area contributed by atoms with Crippen molar-refractivity contribution in [1.29, 1.82) is 0 Å². The lowest BCUT2D eigenvalue weighted by atomic mass is 10.1. The van der Waals surface area contributed by atoms with Crippen LogP contribution in [0.4, 0.5) is 8.78 Å². The van der Waals surface area contributed by atoms with Gasteiger partial charge >= 0.3 is 0 Å². The Balaban J connectivity index is 2.01. The Hall–Kier alpha value is -2.01. The highest BCUT2D eigenvalue weighted by molar-refractivity contribution is 7.80. The van der Waals surface area contributed by atoms with E-state index in [1.54, 1.807) is 12.1 Å². The van der Waals surface area contributed by atoms with Crippen LogP contribution in [0, 0.1) is 11.6 Å². The van der Waals surface area contributed by atoms with E-state index >= 15 is 0 Å². The number of thiocarbonyl (C=S) groups is 1. The van der Waals surface area contributed by atoms with E-state index in [0.29, 0.717) is 4.99 Å². The van der Waals surface area contributed by atoms with E-state index in [-0.39, 0.29) is 12.4 Å². The van der Waals surface area contributed by atoms with Crippen molar-refractivity contribution in [2.45, 2.75) is 6.61 Å². The van der Waals surface area contributed by atoms with Gasteiger partial charge in [-0.05, 0) is 17.7 Å². The molecule has 0 aromatic heterocycles. The van der Waals surface area contributed by atoms with E-state index in [0.717, 1.165) is 23.3 Å². The minimum Gasteiger partial charge on any atom is -0.489 e. The van der Waals surface area contributed by atoms with E-state index in [9.17, 15) is 8.78 Å². The van der Waals surface area contributed by atoms with Crippen LogP contribution >= 0.6 is 12.2 Å². The van der Waals surface area contributed by atoms with Crippen LogP contribution < -0.4 is 10.5 Å². The van der Waals surface area contributed by atoms with Gasteiger partial charge in [-0.2, -0.15) is 0 Å². The molecule has 0 aliphatic carbocycles. The topological polar surface area (TPSA) is 35.2 Å². The molecule has 0 spiro atoms. The third kappa shape index (κ3) is 3.48. The minimum absolute atomic E-state index is 0.253. The molecule has 5 heteroatoms. The number of nitrogens with two attached hydrogens (primary N) is 1. The normalized spacial score (nSPS) is 10.2. The maximum atomic E-state index is 13.0. The smallest absolute Gasteiger partial charge is 0.162 e. The summed E-state index contributed by atoms with van der Waals surface area (Å²) in [5.74, 6) is -1.55. The Morgan fingerprint density at radius 3 is 2.32 bits per heavy atom. The third-order valence-corrected chi connectivity index (χ3v) is 2.77. The molecule has 0 unspecified atom stereocenters. The molecule has 0 aliphatic rings. The summed E-state index contributed by atoms with van der Waals surface area (Å²) in [6.07, 6.45) is 0. The molecule has 0 heterocycles. The Morgan fingerprint density at radius 2 is 1.74 bits per heavy atom. The molecule has 0 saturated heterocycles. The van der Waals surface area contributed by atoms with Crippen LogP contribution in [-0.4, -0.2) is 4.99 Å². The van der Waals surface area contributed by atoms with Gasteiger partial charge in [0.1, 0.15) is 17.3 Å². The van der Waals surface area contributed by atoms with Gasteiger partial charge in [-0.15, -0.1) is 0 Å². The van der Waals surface area contributed by atoms with Gasteiger partial charge < -0.3 is 10.5 Å². The van der Waals surface area contributed by atoms with E-state index in [4.69, 9.17) is 22.7 Å². The highest BCUT2D eigenvalue weighted by Gasteiger charge is 2.03. The number of rotatable bonds is 4. The summed E-state index contributed by atoms with van der Waals surface area (Å²) in [5.41, 5.74) is 7.13. The molecule has 2 rings (SSSR count). The Morgan fingerprint density at radius 1 is 1.05 bits per heavy atom. The fourth-order valence-corrected chi connectivity index (χ4v) is 1.63. The Kier molecular flexibility index (Phi) is 4.06. The van der Waals surface area contributed by atoms with Crippen LogP contribution in [0.15, 0.2) is 42.5 Å². The molecule has 2 nitrogen and oxygen atoms in total. The highest BCUT2D eigenvalue weighted by atomic mass is 32.1. The molecule has 0 radical (unpaired) electrons. The molecule has 2 aromatic rings. The second kappa shape index (κ2) is 5.75. The summed E-state index contributed by atoms with van der Waals surface area (Å²) in [5, 5.41) is 0. The van der Waals surface area contributed by atoms with Gasteiger partial charge in [0.25, 0.3) is 0 Å². The molecule has 0 bridgehead atoms. The summed E-state index contributed by atoms with van der Waals surface area (Å²) >= 11 is 4.84. The van der Waals surface area contributed by atoms with Crippen molar-refractivity contribution < 1.29 is 13.5 Å². The van der Waals surface area contributed by atoms with Gasteiger partial charge in [-0.1, -0.05) is 36.5 Å². The zero-order valence-corrected chi connectivity index (χ0v) is 10.7. The molecular weight excluding hydrogens is 268 g/mol. The first kappa shape index (κ1) is 13.4. The molecule has 0 saturated carbocycles. The summed E-state index contributed by atoms with van der Waals surface area (Å²) in [6, 6.07) is 10.6. The van der Waals surface area contributed by atoms with Crippen molar-refractivity contribution in [2.75, 3.05) is 0 Å². The second-order valence-corrected chi connectivity index (χ2v) is 4.37. The number of hydrogen-bond donors (Lipinski definition) is 1. The number of hydrogen-bond acceptors (Lipinski definition) is 2. The van der Waals surface area contributed by atoms with Gasteiger partial charge in [0.05, 0.1) is 0 Å². The zero-order chi connectivity index (χ0) is 13.8. The van der Waals surface area contributed by atoms with Crippen molar-refractivity contribution >= 4 is 17.2 Å². The van der Waals surface area contributed by atoms with Crippen molar-refractivity contribution in [3.8, 4) is 5.75 Å². The number of benzene rings is 2. The first-order valence-corrected chi connectivity index (χ1v) is 5.93. The van der Waals surface area contributed by atoms with Crippen molar-refractivity contribution in [2.24, 2.45) is 5.73 Å². The fraction of sp³-hybridized carbons (Fsp3) is 0.0714. The van der Waals surface area contributed by atoms with E-state index in [2.05, 4.69) is 0 Å². The largest absolute Gasteiger partial charge is 0.489 e. The van der Waals surface area contributed by atoms with Crippen molar-refractivity contribution in [3.63, 3.8) is 0 Å². The van der Waals surface area contributed by atoms with Gasteiger partial charge in [0, 0.05) is 11.6 Å². The standard InChI is InChI=1S/C14H11F2NOS/c15-12-6-5-11(7-13(12)16)18-8-9-1-3-10(4-2-9)14(17)19/h1-7H,8H2,(H2,17,19). The fourth-order valence-electron chi connectivity index (χ4n) is 1.50. The monoisotopic (exact) mass is 279 g/mol. The van der Waals surface area contributed by atoms with Gasteiger partial charge in [0.15, 0.2) is 11.6 Å². The van der Waals surface area contributed by atoms with Crippen LogP contribution in [0.25, 0.3) is 0 Å². The van der Waals surface area contributed by atoms with Crippen LogP contribution in [0.2, 0.25) is 0 Å². The quantitative estimate of drug-likeness (QED) is 0.873. The molecule has 0 atom stereocenters. The Bertz CT molecular complexity index is 599. The average Bonchev–Trinajstić information content (AvgIpc) is 2.40. The van der Waals surface area contributed by atoms with Gasteiger partial charge in [-0.3, -0.25) is 0 Å². The summed E-state index contributed by atoms with van der Waals surface area (Å²) in [6.45, 7) is 0.253. The van der Waals surface area contributed by atoms with Crippen LogP contribution in [0.1, 0.15) is 11.1 Å². The molecule has 0 fully saturated rings. The van der Waals surface area contributed by atoms with Crippen LogP contribution in [-0.2, 0) is 6.61 Å². The predicted octanol–water partition coefficient (Wildman–Crippen LogP) is 3.18. The SMILES string of the molecule is NC(=S)c1ccc(COc2ccc(F)c(F)c2)cc1. The first-order chi connectivity index (χ1) is 9.06. The van der Waals surface area contributed by atoms with Gasteiger partial charge in [-0.25, -0.2) is 8.78 Å². The highest BCUT2D eigenvalue weighted by Crippen LogP contribution is 2.17. The molecule has 19 heavy (non-hydrogen) atoms. The average molecular weight is 279 g/mol. The zero-order valence-electron chi connectivity index (χ0n) is 9.90. The van der Waals surface area contributed by atoms with Crippen LogP contribution in [0.3, 0.4) is 0 Å². The van der Waals surface area contributed by atoms with Crippen molar-refractivity contribution in [1.82, 2.24) is 0 Å². The lowest BCUT2D eigenvalue weighted by Crippen LogP contribution is -2.09. The van der Waals surface area contributed by atoms with E-state index in [1.165, 1.54) is 6.07 Å². The first-order valence-electron chi connectivity index (χ1n) is 5.53. The number of ether oxygens (including phenoxy) is 1. The molecular formula is C14H11F2NOS. The maximum absolute atomic E-state index is 13.0. The summed E-state index contributed by atoms with van der Waals surface area (Å²) in [7, 11) is 0. The lowest BCUT2D eigenvalue weighted by molar-refractivity contribution is 0.303. The molecule has 0 amide bonds. The lowest BCUT2D eigenvalue weighted by Gasteiger charge is -2.07. The van der Waals surface area contributed by atoms with Crippen molar-refractivity contribution in [3.05, 3.63) is 65.2 Å². The summed E-state index contributed by atoms with van der Waals surface area (Å²) < 4.78 is 31.0. The van der Waals surface area contributed by atoms with Gasteiger partial charge in [0.2, 0.25) is 0 Å². The van der Waals surface area contributed by atoms with Crippen LogP contribution in [0.5, 0.6) is 5.75 Å².